The van der Waals surface area contributed by atoms with Crippen LogP contribution >= 0.6 is 0 Å². The molecule has 0 aliphatic carbocycles. The van der Waals surface area contributed by atoms with E-state index in [0.29, 0.717) is 0 Å². The summed E-state index contributed by atoms with van der Waals surface area (Å²) in [6.07, 6.45) is 1.04. The molecule has 0 saturated heterocycles. The van der Waals surface area contributed by atoms with Gasteiger partial charge in [0, 0.05) is 12.6 Å². The van der Waals surface area contributed by atoms with Gasteiger partial charge >= 0.3 is 0 Å². The van der Waals surface area contributed by atoms with Crippen LogP contribution in [0.2, 0.25) is 0 Å². The summed E-state index contributed by atoms with van der Waals surface area (Å²) in [5.74, 6) is 0. The van der Waals surface area contributed by atoms with Crippen LogP contribution in [0.3, 0.4) is 0 Å². The second kappa shape index (κ2) is 1.83. The molecule has 10 heavy (non-hydrogen) atoms. The van der Waals surface area contributed by atoms with Crippen LogP contribution in [-0.2, 0) is 6.54 Å². The molecule has 2 rings (SSSR count). The maximum Gasteiger partial charge on any atom is 0.0597 e. The van der Waals surface area contributed by atoms with Gasteiger partial charge in [-0.1, -0.05) is 0 Å². The minimum absolute atomic E-state index is 0.223. The molecule has 2 heterocycles. The first-order valence-electron chi connectivity index (χ1n) is 3.57. The predicted molar refractivity (Wildman–Crippen MR) is 38.5 cm³/mol. The lowest BCUT2D eigenvalue weighted by Gasteiger charge is -1.95. The lowest BCUT2D eigenvalue weighted by Crippen LogP contribution is -2.04. The first-order chi connectivity index (χ1) is 4.77. The lowest BCUT2D eigenvalue weighted by molar-refractivity contribution is 0.632. The molecule has 2 N–H and O–H groups in total. The van der Waals surface area contributed by atoms with Crippen LogP contribution in [0.15, 0.2) is 6.07 Å². The smallest absolute Gasteiger partial charge is 0.0597 e. The van der Waals surface area contributed by atoms with Crippen molar-refractivity contribution in [1.29, 1.82) is 0 Å². The van der Waals surface area contributed by atoms with Crippen molar-refractivity contribution in [3.8, 4) is 0 Å². The molecule has 0 amide bonds. The highest BCUT2D eigenvalue weighted by atomic mass is 15.3. The number of nitrogens with two attached hydrogens (primary N) is 1. The van der Waals surface area contributed by atoms with Gasteiger partial charge in [0.1, 0.15) is 0 Å². The zero-order chi connectivity index (χ0) is 7.14. The highest BCUT2D eigenvalue weighted by Gasteiger charge is 2.19. The summed E-state index contributed by atoms with van der Waals surface area (Å²) in [5, 5.41) is 4.28. The third kappa shape index (κ3) is 0.671. The Morgan fingerprint density at radius 1 is 1.80 bits per heavy atom. The normalized spacial score (nSPS) is 23.2. The second-order valence-electron chi connectivity index (χ2n) is 2.83. The van der Waals surface area contributed by atoms with Crippen molar-refractivity contribution in [1.82, 2.24) is 9.78 Å². The summed E-state index contributed by atoms with van der Waals surface area (Å²) in [7, 11) is 0. The quantitative estimate of drug-likeness (QED) is 0.569. The molecule has 1 aromatic rings. The Labute approximate surface area is 59.8 Å². The van der Waals surface area contributed by atoms with Crippen LogP contribution in [0.4, 0.5) is 0 Å². The fourth-order valence-electron chi connectivity index (χ4n) is 1.45. The van der Waals surface area contributed by atoms with Crippen LogP contribution in [0.25, 0.3) is 0 Å². The zero-order valence-electron chi connectivity index (χ0n) is 6.04. The third-order valence-corrected chi connectivity index (χ3v) is 1.97. The van der Waals surface area contributed by atoms with Crippen molar-refractivity contribution in [2.75, 3.05) is 0 Å². The number of fused-ring (bicyclic) bond motifs is 1. The van der Waals surface area contributed by atoms with Gasteiger partial charge in [-0.15, -0.1) is 0 Å². The minimum Gasteiger partial charge on any atom is -0.323 e. The molecule has 1 unspecified atom stereocenters. The Kier molecular flexibility index (Phi) is 1.08. The van der Waals surface area contributed by atoms with Crippen molar-refractivity contribution in [3.63, 3.8) is 0 Å². The van der Waals surface area contributed by atoms with Crippen molar-refractivity contribution in [2.45, 2.75) is 25.9 Å². The predicted octanol–water partition coefficient (Wildman–Crippen LogP) is 0.595. The van der Waals surface area contributed by atoms with Crippen LogP contribution < -0.4 is 5.73 Å². The number of nitrogens with zero attached hydrogens (tertiary/aromatic N) is 2. The van der Waals surface area contributed by atoms with Crippen molar-refractivity contribution < 1.29 is 0 Å². The Bertz CT molecular complexity index is 251. The van der Waals surface area contributed by atoms with Crippen molar-refractivity contribution in [2.24, 2.45) is 5.73 Å². The van der Waals surface area contributed by atoms with Gasteiger partial charge in [-0.3, -0.25) is 4.68 Å². The molecular formula is C7H11N3. The summed E-state index contributed by atoms with van der Waals surface area (Å²) in [4.78, 5) is 0. The molecule has 0 bridgehead atoms. The Hall–Kier alpha value is -0.830. The van der Waals surface area contributed by atoms with E-state index in [1.54, 1.807) is 0 Å². The van der Waals surface area contributed by atoms with Gasteiger partial charge in [0.25, 0.3) is 0 Å². The summed E-state index contributed by atoms with van der Waals surface area (Å²) >= 11 is 0. The molecule has 3 nitrogen and oxygen atoms in total. The van der Waals surface area contributed by atoms with Gasteiger partial charge in [0.2, 0.25) is 0 Å². The number of hydrogen-bond donors (Lipinski definition) is 1. The van der Waals surface area contributed by atoms with Gasteiger partial charge in [-0.05, 0) is 19.4 Å². The largest absolute Gasteiger partial charge is 0.323 e. The highest BCUT2D eigenvalue weighted by molar-refractivity contribution is 5.15. The topological polar surface area (TPSA) is 43.8 Å². The number of aromatic nitrogens is 2. The van der Waals surface area contributed by atoms with Crippen LogP contribution in [0.5, 0.6) is 0 Å². The maximum absolute atomic E-state index is 5.80. The van der Waals surface area contributed by atoms with E-state index in [1.165, 1.54) is 5.69 Å². The molecule has 0 fully saturated rings. The molecule has 1 atom stereocenters. The van der Waals surface area contributed by atoms with E-state index in [-0.39, 0.29) is 6.04 Å². The monoisotopic (exact) mass is 137 g/mol. The van der Waals surface area contributed by atoms with Gasteiger partial charge in [-0.25, -0.2) is 0 Å². The van der Waals surface area contributed by atoms with Crippen LogP contribution in [-0.4, -0.2) is 9.78 Å². The van der Waals surface area contributed by atoms with E-state index < -0.39 is 0 Å². The number of rotatable bonds is 0. The zero-order valence-corrected chi connectivity index (χ0v) is 6.04. The fourth-order valence-corrected chi connectivity index (χ4v) is 1.45. The van der Waals surface area contributed by atoms with E-state index in [0.717, 1.165) is 18.7 Å². The molecular weight excluding hydrogens is 126 g/mol. The van der Waals surface area contributed by atoms with Crippen LogP contribution in [0.1, 0.15) is 23.9 Å². The van der Waals surface area contributed by atoms with E-state index in [2.05, 4.69) is 11.2 Å². The van der Waals surface area contributed by atoms with E-state index in [4.69, 9.17) is 5.73 Å². The summed E-state index contributed by atoms with van der Waals surface area (Å²) in [6.45, 7) is 2.99. The Morgan fingerprint density at radius 3 is 3.30 bits per heavy atom. The third-order valence-electron chi connectivity index (χ3n) is 1.97. The summed E-state index contributed by atoms with van der Waals surface area (Å²) in [6, 6.07) is 2.29. The van der Waals surface area contributed by atoms with Gasteiger partial charge in [0.05, 0.1) is 11.4 Å². The molecule has 0 aromatic carbocycles. The van der Waals surface area contributed by atoms with Crippen molar-refractivity contribution >= 4 is 0 Å². The molecule has 1 aromatic heterocycles. The average Bonchev–Trinajstić information content (AvgIpc) is 2.35. The fraction of sp³-hybridized carbons (Fsp3) is 0.571. The first-order valence-corrected chi connectivity index (χ1v) is 3.57. The maximum atomic E-state index is 5.80. The van der Waals surface area contributed by atoms with Gasteiger partial charge in [0.15, 0.2) is 0 Å². The number of hydrogen-bond acceptors (Lipinski definition) is 2. The second-order valence-corrected chi connectivity index (χ2v) is 2.83. The molecule has 3 heteroatoms. The standard InChI is InChI=1S/C7H11N3/c1-5-4-7-6(8)2-3-10(7)9-5/h4,6H,2-3,8H2,1H3. The number of aryl methyl sites for hydroxylation is 2. The Morgan fingerprint density at radius 2 is 2.60 bits per heavy atom. The van der Waals surface area contributed by atoms with Crippen LogP contribution in [0, 0.1) is 6.92 Å². The summed E-state index contributed by atoms with van der Waals surface area (Å²) in [5.41, 5.74) is 8.07. The molecule has 1 aliphatic rings. The minimum atomic E-state index is 0.223. The molecule has 0 saturated carbocycles. The van der Waals surface area contributed by atoms with E-state index in [9.17, 15) is 0 Å². The molecule has 1 aliphatic heterocycles. The summed E-state index contributed by atoms with van der Waals surface area (Å²) < 4.78 is 2.00. The highest BCUT2D eigenvalue weighted by Crippen LogP contribution is 2.22. The molecule has 0 spiro atoms. The van der Waals surface area contributed by atoms with Gasteiger partial charge in [-0.2, -0.15) is 5.10 Å². The SMILES string of the molecule is Cc1cc2n(n1)CCC2N. The van der Waals surface area contributed by atoms with E-state index in [1.807, 2.05) is 11.6 Å². The lowest BCUT2D eigenvalue weighted by atomic mass is 10.2. The van der Waals surface area contributed by atoms with Gasteiger partial charge < -0.3 is 5.73 Å². The average molecular weight is 137 g/mol. The molecule has 0 radical (unpaired) electrons. The molecule has 54 valence electrons. The Balaban J connectivity index is 2.49. The van der Waals surface area contributed by atoms with Crippen molar-refractivity contribution in [3.05, 3.63) is 17.5 Å². The van der Waals surface area contributed by atoms with E-state index >= 15 is 0 Å². The first kappa shape index (κ1) is 5.92.